The number of hydrogen-bond donors (Lipinski definition) is 0. The van der Waals surface area contributed by atoms with Gasteiger partial charge in [0.25, 0.3) is 0 Å². The molecule has 0 amide bonds. The van der Waals surface area contributed by atoms with Gasteiger partial charge in [-0.3, -0.25) is 0 Å². The van der Waals surface area contributed by atoms with E-state index in [4.69, 9.17) is 14.5 Å². The number of hydrogen-bond acceptors (Lipinski definition) is 4. The number of fused-ring (bicyclic) bond motifs is 2. The van der Waals surface area contributed by atoms with Crippen molar-refractivity contribution in [2.24, 2.45) is 4.99 Å². The molecule has 1 atom stereocenters. The first-order valence-corrected chi connectivity index (χ1v) is 9.86. The minimum absolute atomic E-state index is 0.278. The van der Waals surface area contributed by atoms with Crippen LogP contribution < -0.4 is 4.74 Å². The summed E-state index contributed by atoms with van der Waals surface area (Å²) in [4.78, 5) is 7.30. The Morgan fingerprint density at radius 1 is 1.15 bits per heavy atom. The molecule has 0 saturated carbocycles. The summed E-state index contributed by atoms with van der Waals surface area (Å²) in [7, 11) is 1.69. The van der Waals surface area contributed by atoms with Gasteiger partial charge in [0.1, 0.15) is 11.6 Å². The standard InChI is InChI=1S/C21H23BrN2O2/c1-25-18-5-2-15(3-6-18)14-26-19-7-9-21-23-20-8-4-17(22)12-16(20)13-24(21)11-10-19/h2-6,8,12,19H,7,9-11,13-14H2,1H3. The highest BCUT2D eigenvalue weighted by atomic mass is 79.9. The van der Waals surface area contributed by atoms with Gasteiger partial charge in [-0.25, -0.2) is 4.99 Å². The zero-order valence-electron chi connectivity index (χ0n) is 15.0. The molecular formula is C21H23BrN2O2. The molecule has 0 radical (unpaired) electrons. The smallest absolute Gasteiger partial charge is 0.118 e. The molecular weight excluding hydrogens is 392 g/mol. The molecule has 0 N–H and O–H groups in total. The Kier molecular flexibility index (Phi) is 5.27. The Bertz CT molecular complexity index is 804. The van der Waals surface area contributed by atoms with Crippen molar-refractivity contribution in [2.75, 3.05) is 13.7 Å². The van der Waals surface area contributed by atoms with E-state index in [1.807, 2.05) is 12.1 Å². The van der Waals surface area contributed by atoms with E-state index in [0.717, 1.165) is 48.3 Å². The van der Waals surface area contributed by atoms with Crippen molar-refractivity contribution in [1.82, 2.24) is 4.90 Å². The van der Waals surface area contributed by atoms with E-state index in [0.29, 0.717) is 6.61 Å². The third-order valence-corrected chi connectivity index (χ3v) is 5.57. The van der Waals surface area contributed by atoms with Gasteiger partial charge < -0.3 is 14.4 Å². The highest BCUT2D eigenvalue weighted by molar-refractivity contribution is 9.10. The van der Waals surface area contributed by atoms with Crippen molar-refractivity contribution in [2.45, 2.75) is 38.5 Å². The van der Waals surface area contributed by atoms with Crippen LogP contribution in [0.15, 0.2) is 51.9 Å². The maximum absolute atomic E-state index is 6.19. The number of methoxy groups -OCH3 is 1. The quantitative estimate of drug-likeness (QED) is 0.699. The Hall–Kier alpha value is -1.85. The molecule has 4 rings (SSSR count). The van der Waals surface area contributed by atoms with Crippen LogP contribution in [0.1, 0.15) is 30.4 Å². The molecule has 2 aromatic carbocycles. The van der Waals surface area contributed by atoms with Crippen LogP contribution in [0.3, 0.4) is 0 Å². The Morgan fingerprint density at radius 2 is 2.00 bits per heavy atom. The number of aliphatic imine (C=N–C) groups is 1. The van der Waals surface area contributed by atoms with Crippen molar-refractivity contribution in [3.63, 3.8) is 0 Å². The Labute approximate surface area is 163 Å². The number of rotatable bonds is 4. The maximum Gasteiger partial charge on any atom is 0.118 e. The lowest BCUT2D eigenvalue weighted by atomic mass is 10.1. The van der Waals surface area contributed by atoms with Crippen LogP contribution in [0, 0.1) is 0 Å². The summed E-state index contributed by atoms with van der Waals surface area (Å²) in [5.74, 6) is 2.08. The van der Waals surface area contributed by atoms with Crippen LogP contribution >= 0.6 is 15.9 Å². The van der Waals surface area contributed by atoms with Crippen molar-refractivity contribution >= 4 is 27.5 Å². The van der Waals surface area contributed by atoms with Crippen molar-refractivity contribution in [3.05, 3.63) is 58.1 Å². The number of nitrogens with zero attached hydrogens (tertiary/aromatic N) is 2. The lowest BCUT2D eigenvalue weighted by Gasteiger charge is -2.29. The van der Waals surface area contributed by atoms with Crippen molar-refractivity contribution < 1.29 is 9.47 Å². The number of amidine groups is 1. The van der Waals surface area contributed by atoms with Gasteiger partial charge in [0.05, 0.1) is 25.5 Å². The summed E-state index contributed by atoms with van der Waals surface area (Å²) in [5.41, 5.74) is 3.58. The lowest BCUT2D eigenvalue weighted by molar-refractivity contribution is 0.0311. The average molecular weight is 415 g/mol. The van der Waals surface area contributed by atoms with Gasteiger partial charge in [0.15, 0.2) is 0 Å². The minimum Gasteiger partial charge on any atom is -0.497 e. The average Bonchev–Trinajstić information content (AvgIpc) is 2.87. The highest BCUT2D eigenvalue weighted by Crippen LogP contribution is 2.32. The molecule has 5 heteroatoms. The fourth-order valence-electron chi connectivity index (χ4n) is 3.56. The largest absolute Gasteiger partial charge is 0.497 e. The van der Waals surface area contributed by atoms with E-state index >= 15 is 0 Å². The monoisotopic (exact) mass is 414 g/mol. The molecule has 1 fully saturated rings. The van der Waals surface area contributed by atoms with Crippen LogP contribution in [-0.2, 0) is 17.9 Å². The fourth-order valence-corrected chi connectivity index (χ4v) is 3.96. The van der Waals surface area contributed by atoms with Crippen LogP contribution in [0.4, 0.5) is 5.69 Å². The van der Waals surface area contributed by atoms with E-state index in [1.54, 1.807) is 7.11 Å². The highest BCUT2D eigenvalue weighted by Gasteiger charge is 2.25. The molecule has 4 nitrogen and oxygen atoms in total. The number of ether oxygens (including phenoxy) is 2. The molecule has 0 aromatic heterocycles. The van der Waals surface area contributed by atoms with Gasteiger partial charge in [-0.1, -0.05) is 28.1 Å². The zero-order chi connectivity index (χ0) is 17.9. The van der Waals surface area contributed by atoms with E-state index in [1.165, 1.54) is 17.0 Å². The zero-order valence-corrected chi connectivity index (χ0v) is 16.5. The molecule has 2 aliphatic heterocycles. The predicted octanol–water partition coefficient (Wildman–Crippen LogP) is 5.07. The maximum atomic E-state index is 6.19. The molecule has 136 valence electrons. The van der Waals surface area contributed by atoms with Gasteiger partial charge in [-0.05, 0) is 54.3 Å². The van der Waals surface area contributed by atoms with E-state index in [2.05, 4.69) is 51.2 Å². The second-order valence-corrected chi connectivity index (χ2v) is 7.75. The molecule has 2 heterocycles. The Balaban J connectivity index is 1.37. The first-order chi connectivity index (χ1) is 12.7. The predicted molar refractivity (Wildman–Crippen MR) is 107 cm³/mol. The van der Waals surface area contributed by atoms with E-state index < -0.39 is 0 Å². The first kappa shape index (κ1) is 17.6. The molecule has 26 heavy (non-hydrogen) atoms. The van der Waals surface area contributed by atoms with Crippen molar-refractivity contribution in [1.29, 1.82) is 0 Å². The SMILES string of the molecule is COc1ccc(COC2CCC3=Nc4ccc(Br)cc4CN3CC2)cc1. The van der Waals surface area contributed by atoms with Crippen LogP contribution in [0.2, 0.25) is 0 Å². The molecule has 2 aliphatic rings. The van der Waals surface area contributed by atoms with Crippen LogP contribution in [-0.4, -0.2) is 30.5 Å². The molecule has 0 spiro atoms. The van der Waals surface area contributed by atoms with Crippen LogP contribution in [0.25, 0.3) is 0 Å². The van der Waals surface area contributed by atoms with Crippen molar-refractivity contribution in [3.8, 4) is 5.75 Å². The summed E-state index contributed by atoms with van der Waals surface area (Å²) in [5, 5.41) is 0. The summed E-state index contributed by atoms with van der Waals surface area (Å²) < 4.78 is 12.5. The molecule has 1 unspecified atom stereocenters. The summed E-state index contributed by atoms with van der Waals surface area (Å²) in [6.07, 6.45) is 3.32. The van der Waals surface area contributed by atoms with Gasteiger partial charge in [-0.15, -0.1) is 0 Å². The van der Waals surface area contributed by atoms with Gasteiger partial charge in [0, 0.05) is 24.0 Å². The van der Waals surface area contributed by atoms with Crippen LogP contribution in [0.5, 0.6) is 5.75 Å². The molecule has 1 saturated heterocycles. The number of halogens is 1. The second-order valence-electron chi connectivity index (χ2n) is 6.83. The fraction of sp³-hybridized carbons (Fsp3) is 0.381. The number of benzene rings is 2. The normalized spacial score (nSPS) is 19.2. The summed E-state index contributed by atoms with van der Waals surface area (Å²) >= 11 is 3.56. The van der Waals surface area contributed by atoms with Gasteiger partial charge in [0.2, 0.25) is 0 Å². The second kappa shape index (κ2) is 7.80. The molecule has 0 aliphatic carbocycles. The van der Waals surface area contributed by atoms with Gasteiger partial charge >= 0.3 is 0 Å². The Morgan fingerprint density at radius 3 is 2.81 bits per heavy atom. The van der Waals surface area contributed by atoms with Gasteiger partial charge in [-0.2, -0.15) is 0 Å². The lowest BCUT2D eigenvalue weighted by Crippen LogP contribution is -2.32. The summed E-state index contributed by atoms with van der Waals surface area (Å²) in [6, 6.07) is 14.4. The molecule has 0 bridgehead atoms. The minimum atomic E-state index is 0.278. The third kappa shape index (κ3) is 3.94. The van der Waals surface area contributed by atoms with E-state index in [-0.39, 0.29) is 6.10 Å². The summed E-state index contributed by atoms with van der Waals surface area (Å²) in [6.45, 7) is 2.59. The first-order valence-electron chi connectivity index (χ1n) is 9.07. The molecule has 2 aromatic rings. The van der Waals surface area contributed by atoms with E-state index in [9.17, 15) is 0 Å². The topological polar surface area (TPSA) is 34.1 Å². The third-order valence-electron chi connectivity index (χ3n) is 5.07.